The molecule has 7 nitrogen and oxygen atoms in total. The van der Waals surface area contributed by atoms with Crippen LogP contribution in [0.3, 0.4) is 0 Å². The number of anilines is 1. The van der Waals surface area contributed by atoms with Gasteiger partial charge in [0.25, 0.3) is 10.0 Å². The molecule has 1 heterocycles. The smallest absolute Gasteiger partial charge is 0.387 e. The van der Waals surface area contributed by atoms with E-state index in [0.717, 1.165) is 10.4 Å². The lowest BCUT2D eigenvalue weighted by molar-refractivity contribution is -0.137. The van der Waals surface area contributed by atoms with Gasteiger partial charge in [0.15, 0.2) is 11.6 Å². The molecule has 0 saturated heterocycles. The third-order valence-electron chi connectivity index (χ3n) is 6.04. The number of sulfonamides is 1. The molecule has 4 rings (SSSR count). The Kier molecular flexibility index (Phi) is 8.59. The van der Waals surface area contributed by atoms with E-state index in [2.05, 4.69) is 4.74 Å². The molecule has 0 fully saturated rings. The Morgan fingerprint density at radius 1 is 1.18 bits per heavy atom. The molecule has 40 heavy (non-hydrogen) atoms. The normalized spacial score (nSPS) is 15.5. The van der Waals surface area contributed by atoms with Crippen molar-refractivity contribution in [2.24, 2.45) is 0 Å². The monoisotopic (exact) mass is 599 g/mol. The zero-order chi connectivity index (χ0) is 29.2. The molecule has 212 valence electrons. The molecule has 1 aliphatic heterocycles. The Morgan fingerprint density at radius 2 is 1.93 bits per heavy atom. The fourth-order valence-electron chi connectivity index (χ4n) is 4.24. The number of halogens is 5. The van der Waals surface area contributed by atoms with Gasteiger partial charge in [-0.2, -0.15) is 8.78 Å². The summed E-state index contributed by atoms with van der Waals surface area (Å²) in [4.78, 5) is 10.6. The summed E-state index contributed by atoms with van der Waals surface area (Å²) in [5, 5.41) is 9.26. The van der Waals surface area contributed by atoms with Crippen molar-refractivity contribution in [3.63, 3.8) is 0 Å². The molecule has 0 saturated carbocycles. The van der Waals surface area contributed by atoms with Crippen LogP contribution >= 0.6 is 11.6 Å². The van der Waals surface area contributed by atoms with Crippen molar-refractivity contribution in [3.8, 4) is 11.5 Å². The van der Waals surface area contributed by atoms with Crippen LogP contribution in [0.5, 0.6) is 11.5 Å². The van der Waals surface area contributed by atoms with Gasteiger partial charge in [-0.3, -0.25) is 9.10 Å². The van der Waals surface area contributed by atoms with Gasteiger partial charge in [-0.1, -0.05) is 29.8 Å². The second-order valence-corrected chi connectivity index (χ2v) is 11.1. The number of ether oxygens (including phenoxy) is 2. The van der Waals surface area contributed by atoms with Crippen LogP contribution in [-0.2, 0) is 14.8 Å². The minimum atomic E-state index is -4.52. The van der Waals surface area contributed by atoms with Gasteiger partial charge in [-0.05, 0) is 60.9 Å². The van der Waals surface area contributed by atoms with Crippen LogP contribution in [0.15, 0.2) is 59.5 Å². The van der Waals surface area contributed by atoms with Crippen LogP contribution in [0.1, 0.15) is 30.9 Å². The van der Waals surface area contributed by atoms with Crippen molar-refractivity contribution in [2.75, 3.05) is 10.8 Å². The van der Waals surface area contributed by atoms with Gasteiger partial charge in [0.1, 0.15) is 17.7 Å². The maximum absolute atomic E-state index is 14.4. The first kappa shape index (κ1) is 29.2. The lowest BCUT2D eigenvalue weighted by Crippen LogP contribution is -2.43. The summed E-state index contributed by atoms with van der Waals surface area (Å²) in [6.07, 6.45) is 0.380. The first-order valence-electron chi connectivity index (χ1n) is 11.8. The van der Waals surface area contributed by atoms with Crippen LogP contribution in [0.2, 0.25) is 5.02 Å². The molecule has 0 amide bonds. The average Bonchev–Trinajstić information content (AvgIpc) is 2.87. The highest BCUT2D eigenvalue weighted by atomic mass is 35.5. The Balaban J connectivity index is 1.79. The summed E-state index contributed by atoms with van der Waals surface area (Å²) in [7, 11) is -4.52. The van der Waals surface area contributed by atoms with Crippen LogP contribution in [0.4, 0.5) is 23.2 Å². The number of carboxylic acids is 1. The van der Waals surface area contributed by atoms with E-state index in [0.29, 0.717) is 23.3 Å². The lowest BCUT2D eigenvalue weighted by Gasteiger charge is -2.35. The fraction of sp³-hybridized carbons (Fsp3) is 0.222. The van der Waals surface area contributed by atoms with Crippen molar-refractivity contribution >= 4 is 44.9 Å². The Morgan fingerprint density at radius 3 is 2.60 bits per heavy atom. The van der Waals surface area contributed by atoms with Gasteiger partial charge >= 0.3 is 12.6 Å². The van der Waals surface area contributed by atoms with Crippen LogP contribution < -0.4 is 13.8 Å². The number of benzene rings is 3. The SMILES string of the molecule is C/C(=C\c1ccc2c(c1)N(S(=O)(=O)c1ccc(F)c(OC(F)F)c1)C[C@H](CCC(=O)O)O2)c1c(F)cccc1Cl. The third-order valence-corrected chi connectivity index (χ3v) is 8.13. The molecule has 0 aromatic heterocycles. The molecule has 3 aromatic rings. The molecule has 1 atom stereocenters. The zero-order valence-electron chi connectivity index (χ0n) is 20.8. The lowest BCUT2D eigenvalue weighted by atomic mass is 10.0. The number of hydrogen-bond acceptors (Lipinski definition) is 5. The predicted octanol–water partition coefficient (Wildman–Crippen LogP) is 6.60. The number of allylic oxidation sites excluding steroid dienone is 1. The maximum atomic E-state index is 14.4. The van der Waals surface area contributed by atoms with Crippen molar-refractivity contribution in [2.45, 2.75) is 37.4 Å². The Labute approximate surface area is 232 Å². The highest BCUT2D eigenvalue weighted by molar-refractivity contribution is 7.92. The molecule has 0 bridgehead atoms. The van der Waals surface area contributed by atoms with Crippen molar-refractivity contribution < 1.29 is 45.4 Å². The second kappa shape index (κ2) is 11.8. The fourth-order valence-corrected chi connectivity index (χ4v) is 6.06. The summed E-state index contributed by atoms with van der Waals surface area (Å²) in [5.74, 6) is -3.70. The quantitative estimate of drug-likeness (QED) is 0.220. The first-order valence-corrected chi connectivity index (χ1v) is 13.6. The molecule has 0 spiro atoms. The number of rotatable bonds is 9. The highest BCUT2D eigenvalue weighted by Gasteiger charge is 2.35. The highest BCUT2D eigenvalue weighted by Crippen LogP contribution is 2.40. The Bertz CT molecular complexity index is 1560. The van der Waals surface area contributed by atoms with E-state index in [1.165, 1.54) is 30.3 Å². The van der Waals surface area contributed by atoms with Crippen molar-refractivity contribution in [1.29, 1.82) is 0 Å². The molecule has 0 aliphatic carbocycles. The van der Waals surface area contributed by atoms with E-state index >= 15 is 0 Å². The summed E-state index contributed by atoms with van der Waals surface area (Å²) < 4.78 is 92.3. The third kappa shape index (κ3) is 6.34. The maximum Gasteiger partial charge on any atom is 0.387 e. The predicted molar refractivity (Wildman–Crippen MR) is 140 cm³/mol. The van der Waals surface area contributed by atoms with E-state index in [1.807, 2.05) is 0 Å². The largest absolute Gasteiger partial charge is 0.486 e. The van der Waals surface area contributed by atoms with Gasteiger partial charge in [0.2, 0.25) is 0 Å². The van der Waals surface area contributed by atoms with Crippen molar-refractivity contribution in [1.82, 2.24) is 0 Å². The Hall–Kier alpha value is -3.77. The number of aliphatic carboxylic acids is 1. The number of carboxylic acid groups (broad SMARTS) is 1. The van der Waals surface area contributed by atoms with Crippen LogP contribution in [-0.4, -0.2) is 38.8 Å². The molecular weight excluding hydrogens is 578 g/mol. The van der Waals surface area contributed by atoms with Gasteiger partial charge in [-0.25, -0.2) is 17.2 Å². The minimum absolute atomic E-state index is 0.0312. The number of fused-ring (bicyclic) bond motifs is 1. The van der Waals surface area contributed by atoms with E-state index < -0.39 is 51.0 Å². The molecule has 0 unspecified atom stereocenters. The molecular formula is C27H22ClF4NO6S. The number of alkyl halides is 2. The molecule has 13 heteroatoms. The topological polar surface area (TPSA) is 93.1 Å². The van der Waals surface area contributed by atoms with Crippen LogP contribution in [0.25, 0.3) is 11.6 Å². The summed E-state index contributed by atoms with van der Waals surface area (Å²) >= 11 is 6.17. The standard InChI is InChI=1S/C27H22ClF4NO6S/c1-15(26-19(28)3-2-4-21(26)30)11-16-5-9-23-22(12-16)33(14-17(38-23)6-10-25(34)35)40(36,37)18-7-8-20(29)24(13-18)39-27(31)32/h2-5,7-9,11-13,17,27H,6,10,14H2,1H3,(H,34,35)/b15-11+/t17-/m0/s1. The van der Waals surface area contributed by atoms with E-state index in [4.69, 9.17) is 21.4 Å². The minimum Gasteiger partial charge on any atom is -0.486 e. The molecule has 1 N–H and O–H groups in total. The summed E-state index contributed by atoms with van der Waals surface area (Å²) in [6, 6.07) is 11.0. The summed E-state index contributed by atoms with van der Waals surface area (Å²) in [5.41, 5.74) is 1.10. The average molecular weight is 600 g/mol. The summed E-state index contributed by atoms with van der Waals surface area (Å²) in [6.45, 7) is -2.09. The first-order chi connectivity index (χ1) is 18.9. The van der Waals surface area contributed by atoms with Gasteiger partial charge in [-0.15, -0.1) is 0 Å². The second-order valence-electron chi connectivity index (χ2n) is 8.83. The molecule has 1 aliphatic rings. The van der Waals surface area contributed by atoms with Gasteiger partial charge in [0, 0.05) is 18.1 Å². The van der Waals surface area contributed by atoms with E-state index in [1.54, 1.807) is 19.1 Å². The van der Waals surface area contributed by atoms with Gasteiger partial charge in [0.05, 0.1) is 22.2 Å². The van der Waals surface area contributed by atoms with Gasteiger partial charge < -0.3 is 14.6 Å². The van der Waals surface area contributed by atoms with Crippen LogP contribution in [0, 0.1) is 11.6 Å². The van der Waals surface area contributed by atoms with Crippen molar-refractivity contribution in [3.05, 3.63) is 82.4 Å². The molecule has 3 aromatic carbocycles. The number of nitrogens with zero attached hydrogens (tertiary/aromatic N) is 1. The number of carbonyl (C=O) groups is 1. The number of hydrogen-bond donors (Lipinski definition) is 1. The zero-order valence-corrected chi connectivity index (χ0v) is 22.4. The van der Waals surface area contributed by atoms with E-state index in [9.17, 15) is 30.8 Å². The van der Waals surface area contributed by atoms with E-state index in [-0.39, 0.29) is 41.4 Å². The molecule has 0 radical (unpaired) electrons.